The molecular weight excluding hydrogens is 282 g/mol. The molecule has 0 spiro atoms. The lowest BCUT2D eigenvalue weighted by atomic mass is 10.1. The number of hydrogen-bond acceptors (Lipinski definition) is 4. The summed E-state index contributed by atoms with van der Waals surface area (Å²) in [6, 6.07) is 1.53. The van der Waals surface area contributed by atoms with Crippen LogP contribution in [-0.2, 0) is 9.59 Å². The van der Waals surface area contributed by atoms with Crippen LogP contribution < -0.4 is 5.32 Å². The van der Waals surface area contributed by atoms with E-state index in [0.717, 1.165) is 6.42 Å². The fourth-order valence-corrected chi connectivity index (χ4v) is 1.70. The first-order valence-corrected chi connectivity index (χ1v) is 6.97. The van der Waals surface area contributed by atoms with Crippen molar-refractivity contribution in [1.29, 1.82) is 0 Å². The minimum atomic E-state index is -0.651. The number of hydrogen-bond donors (Lipinski definition) is 1. The van der Waals surface area contributed by atoms with E-state index in [1.165, 1.54) is 17.2 Å². The second kappa shape index (κ2) is 7.89. The molecule has 7 heteroatoms. The van der Waals surface area contributed by atoms with Crippen LogP contribution in [0.5, 0.6) is 0 Å². The van der Waals surface area contributed by atoms with Crippen molar-refractivity contribution in [1.82, 2.24) is 10.1 Å². The molecule has 0 radical (unpaired) electrons. The Morgan fingerprint density at radius 2 is 2.15 bits per heavy atom. The van der Waals surface area contributed by atoms with E-state index >= 15 is 0 Å². The maximum atomic E-state index is 12.0. The van der Waals surface area contributed by atoms with Gasteiger partial charge in [-0.05, 0) is 19.3 Å². The van der Waals surface area contributed by atoms with Crippen molar-refractivity contribution in [2.45, 2.75) is 32.6 Å². The van der Waals surface area contributed by atoms with Crippen molar-refractivity contribution in [2.24, 2.45) is 5.92 Å². The predicted molar refractivity (Wildman–Crippen MR) is 76.5 cm³/mol. The molecule has 0 saturated heterocycles. The Bertz CT molecular complexity index is 432. The molecule has 2 amide bonds. The van der Waals surface area contributed by atoms with Gasteiger partial charge in [-0.25, -0.2) is 0 Å². The van der Waals surface area contributed by atoms with E-state index in [4.69, 9.17) is 11.6 Å². The Labute approximate surface area is 123 Å². The van der Waals surface area contributed by atoms with Gasteiger partial charge in [0.15, 0.2) is 5.82 Å². The first-order chi connectivity index (χ1) is 9.40. The molecule has 6 nitrogen and oxygen atoms in total. The summed E-state index contributed by atoms with van der Waals surface area (Å²) >= 11 is 5.81. The second-order valence-electron chi connectivity index (χ2n) is 4.99. The van der Waals surface area contributed by atoms with Crippen LogP contribution in [0, 0.1) is 5.92 Å². The zero-order valence-electron chi connectivity index (χ0n) is 11.9. The number of nitrogens with zero attached hydrogens (tertiary/aromatic N) is 2. The van der Waals surface area contributed by atoms with Gasteiger partial charge in [0.25, 0.3) is 0 Å². The fraction of sp³-hybridized carbons (Fsp3) is 0.615. The lowest BCUT2D eigenvalue weighted by molar-refractivity contribution is -0.134. The maximum absolute atomic E-state index is 12.0. The molecule has 1 aromatic heterocycles. The molecule has 1 N–H and O–H groups in total. The molecular formula is C13H20ClN3O3. The normalized spacial score (nSPS) is 12.2. The van der Waals surface area contributed by atoms with Gasteiger partial charge in [0.05, 0.1) is 6.54 Å². The number of alkyl halides is 1. The number of halogens is 1. The molecule has 1 rings (SSSR count). The lowest BCUT2D eigenvalue weighted by Crippen LogP contribution is -2.42. The van der Waals surface area contributed by atoms with Gasteiger partial charge in [0.2, 0.25) is 11.8 Å². The van der Waals surface area contributed by atoms with Crippen molar-refractivity contribution in [3.63, 3.8) is 0 Å². The topological polar surface area (TPSA) is 75.4 Å². The number of aromatic nitrogens is 1. The monoisotopic (exact) mass is 301 g/mol. The average molecular weight is 302 g/mol. The fourth-order valence-electron chi connectivity index (χ4n) is 1.57. The molecule has 1 aromatic rings. The molecule has 1 atom stereocenters. The van der Waals surface area contributed by atoms with Crippen molar-refractivity contribution < 1.29 is 14.1 Å². The van der Waals surface area contributed by atoms with E-state index in [1.807, 2.05) is 0 Å². The summed E-state index contributed by atoms with van der Waals surface area (Å²) in [6.07, 6.45) is 2.17. The molecule has 0 saturated carbocycles. The zero-order valence-corrected chi connectivity index (χ0v) is 12.7. The van der Waals surface area contributed by atoms with Crippen LogP contribution in [0.2, 0.25) is 0 Å². The Morgan fingerprint density at radius 3 is 2.65 bits per heavy atom. The molecule has 0 aliphatic carbocycles. The van der Waals surface area contributed by atoms with Crippen LogP contribution in [0.3, 0.4) is 0 Å². The summed E-state index contributed by atoms with van der Waals surface area (Å²) in [5.74, 6) is 0.190. The summed E-state index contributed by atoms with van der Waals surface area (Å²) in [4.78, 5) is 25.3. The van der Waals surface area contributed by atoms with E-state index in [1.54, 1.807) is 6.92 Å². The van der Waals surface area contributed by atoms with Crippen molar-refractivity contribution in [3.05, 3.63) is 12.3 Å². The SMILES string of the molecule is CC(C)CCN(CC(=O)Nc1ccon1)C(=O)C(C)Cl. The molecule has 0 aliphatic heterocycles. The quantitative estimate of drug-likeness (QED) is 0.783. The standard InChI is InChI=1S/C13H20ClN3O3/c1-9(2)4-6-17(13(19)10(3)14)8-12(18)15-11-5-7-20-16-11/h5,7,9-10H,4,6,8H2,1-3H3,(H,15,16,18). The number of rotatable bonds is 7. The third-order valence-corrected chi connectivity index (χ3v) is 2.85. The number of amides is 2. The van der Waals surface area contributed by atoms with Crippen LogP contribution >= 0.6 is 11.6 Å². The van der Waals surface area contributed by atoms with Gasteiger partial charge in [-0.15, -0.1) is 11.6 Å². The summed E-state index contributed by atoms with van der Waals surface area (Å²) in [6.45, 7) is 6.17. The van der Waals surface area contributed by atoms with Crippen LogP contribution in [0.25, 0.3) is 0 Å². The summed E-state index contributed by atoms with van der Waals surface area (Å²) in [5, 5.41) is 5.48. The summed E-state index contributed by atoms with van der Waals surface area (Å²) in [5.41, 5.74) is 0. The summed E-state index contributed by atoms with van der Waals surface area (Å²) in [7, 11) is 0. The van der Waals surface area contributed by atoms with Gasteiger partial charge < -0.3 is 14.7 Å². The van der Waals surface area contributed by atoms with E-state index in [9.17, 15) is 9.59 Å². The number of carbonyl (C=O) groups excluding carboxylic acids is 2. The van der Waals surface area contributed by atoms with Crippen LogP contribution in [-0.4, -0.2) is 40.3 Å². The Balaban J connectivity index is 2.58. The molecule has 0 fully saturated rings. The molecule has 1 heterocycles. The molecule has 112 valence electrons. The molecule has 20 heavy (non-hydrogen) atoms. The molecule has 0 aromatic carbocycles. The van der Waals surface area contributed by atoms with E-state index in [-0.39, 0.29) is 18.4 Å². The number of carbonyl (C=O) groups is 2. The second-order valence-corrected chi connectivity index (χ2v) is 5.65. The zero-order chi connectivity index (χ0) is 15.1. The van der Waals surface area contributed by atoms with Crippen LogP contribution in [0.4, 0.5) is 5.82 Å². The first kappa shape index (κ1) is 16.5. The highest BCUT2D eigenvalue weighted by Gasteiger charge is 2.21. The van der Waals surface area contributed by atoms with Gasteiger partial charge in [0, 0.05) is 12.6 Å². The molecule has 1 unspecified atom stereocenters. The average Bonchev–Trinajstić information content (AvgIpc) is 2.85. The highest BCUT2D eigenvalue weighted by Crippen LogP contribution is 2.08. The molecule has 0 bridgehead atoms. The Morgan fingerprint density at radius 1 is 1.45 bits per heavy atom. The van der Waals surface area contributed by atoms with Gasteiger partial charge in [-0.2, -0.15) is 0 Å². The summed E-state index contributed by atoms with van der Waals surface area (Å²) < 4.78 is 4.62. The third-order valence-electron chi connectivity index (χ3n) is 2.67. The van der Waals surface area contributed by atoms with Crippen LogP contribution in [0.1, 0.15) is 27.2 Å². The van der Waals surface area contributed by atoms with E-state index in [0.29, 0.717) is 18.3 Å². The van der Waals surface area contributed by atoms with E-state index in [2.05, 4.69) is 28.8 Å². The highest BCUT2D eigenvalue weighted by molar-refractivity contribution is 6.30. The first-order valence-electron chi connectivity index (χ1n) is 6.53. The lowest BCUT2D eigenvalue weighted by Gasteiger charge is -2.24. The van der Waals surface area contributed by atoms with Gasteiger partial charge in [-0.3, -0.25) is 9.59 Å². The van der Waals surface area contributed by atoms with Crippen molar-refractivity contribution in [3.8, 4) is 0 Å². The van der Waals surface area contributed by atoms with Gasteiger partial charge >= 0.3 is 0 Å². The highest BCUT2D eigenvalue weighted by atomic mass is 35.5. The van der Waals surface area contributed by atoms with E-state index < -0.39 is 5.38 Å². The number of anilines is 1. The number of nitrogens with one attached hydrogen (secondary N) is 1. The minimum Gasteiger partial charge on any atom is -0.363 e. The van der Waals surface area contributed by atoms with Gasteiger partial charge in [0.1, 0.15) is 11.6 Å². The van der Waals surface area contributed by atoms with Crippen molar-refractivity contribution >= 4 is 29.2 Å². The van der Waals surface area contributed by atoms with Gasteiger partial charge in [-0.1, -0.05) is 19.0 Å². The molecule has 0 aliphatic rings. The minimum absolute atomic E-state index is 0.0462. The largest absolute Gasteiger partial charge is 0.363 e. The maximum Gasteiger partial charge on any atom is 0.245 e. The van der Waals surface area contributed by atoms with Crippen LogP contribution in [0.15, 0.2) is 16.9 Å². The smallest absolute Gasteiger partial charge is 0.245 e. The van der Waals surface area contributed by atoms with Crippen molar-refractivity contribution in [2.75, 3.05) is 18.4 Å². The Hall–Kier alpha value is -1.56. The predicted octanol–water partition coefficient (Wildman–Crippen LogP) is 2.12. The third kappa shape index (κ3) is 5.61. The Kier molecular flexibility index (Phi) is 6.51.